The van der Waals surface area contributed by atoms with Gasteiger partial charge in [0.2, 0.25) is 0 Å². The van der Waals surface area contributed by atoms with Gasteiger partial charge in [-0.05, 0) is 88.1 Å². The Morgan fingerprint density at radius 3 is 1.33 bits per heavy atom. The van der Waals surface area contributed by atoms with Gasteiger partial charge in [-0.15, -0.1) is 48.0 Å². The number of aliphatic imine (C=N–C) groups is 2. The topological polar surface area (TPSA) is 113 Å². The highest BCUT2D eigenvalue weighted by atomic mass is 127. The summed E-state index contributed by atoms with van der Waals surface area (Å²) in [6.07, 6.45) is 19.7. The molecule has 2 atom stereocenters. The van der Waals surface area contributed by atoms with Crippen molar-refractivity contribution in [1.29, 1.82) is 0 Å². The lowest BCUT2D eigenvalue weighted by Crippen LogP contribution is -2.35. The summed E-state index contributed by atoms with van der Waals surface area (Å²) in [6.45, 7) is 13.5. The second-order valence-electron chi connectivity index (χ2n) is 13.3. The largest absolute Gasteiger partial charge is 0.370 e. The molecular formula is C30H63I2N7. The molecule has 0 aromatic rings. The van der Waals surface area contributed by atoms with Crippen LogP contribution in [0.5, 0.6) is 0 Å². The molecule has 2 fully saturated rings. The third-order valence-electron chi connectivity index (χ3n) is 8.17. The molecule has 7 nitrogen and oxygen atoms in total. The van der Waals surface area contributed by atoms with E-state index in [4.69, 9.17) is 21.5 Å². The van der Waals surface area contributed by atoms with Crippen LogP contribution < -0.4 is 27.4 Å². The minimum Gasteiger partial charge on any atom is -0.370 e. The fourth-order valence-electron chi connectivity index (χ4n) is 6.04. The smallest absolute Gasteiger partial charge is 0.188 e. The highest BCUT2D eigenvalue weighted by molar-refractivity contribution is 14.0. The van der Waals surface area contributed by atoms with Gasteiger partial charge in [0.05, 0.1) is 12.1 Å². The Morgan fingerprint density at radius 1 is 0.615 bits per heavy atom. The van der Waals surface area contributed by atoms with E-state index in [1.54, 1.807) is 0 Å². The first kappa shape index (κ1) is 39.0. The zero-order valence-corrected chi connectivity index (χ0v) is 30.3. The summed E-state index contributed by atoms with van der Waals surface area (Å²) in [5, 5.41) is 10.2. The third-order valence-corrected chi connectivity index (χ3v) is 8.17. The summed E-state index contributed by atoms with van der Waals surface area (Å²) in [7, 11) is 0. The number of hydrogen-bond donors (Lipinski definition) is 5. The summed E-state index contributed by atoms with van der Waals surface area (Å²) in [5.74, 6) is 1.28. The first-order valence-electron chi connectivity index (χ1n) is 15.5. The van der Waals surface area contributed by atoms with Gasteiger partial charge in [-0.25, -0.2) is 0 Å². The maximum atomic E-state index is 6.11. The molecule has 0 saturated heterocycles. The standard InChI is InChI=1S/C30H61N7.2HI/c1-29(2)17-13-15-25(23-29)36-27(31)34-21-11-7-5-9-19-33-20-10-6-8-12-22-35-28(32)37-26-16-14-18-30(3,4)24-26;;/h25-26,33H,5-24H2,1-4H3,(H3,31,34,36)(H3,32,35,37);2*1H. The first-order chi connectivity index (χ1) is 17.7. The van der Waals surface area contributed by atoms with Crippen LogP contribution in [-0.4, -0.2) is 50.2 Å². The summed E-state index contributed by atoms with van der Waals surface area (Å²) in [5.41, 5.74) is 13.0. The third kappa shape index (κ3) is 19.7. The maximum Gasteiger partial charge on any atom is 0.188 e. The van der Waals surface area contributed by atoms with Crippen LogP contribution in [0.2, 0.25) is 0 Å². The van der Waals surface area contributed by atoms with Gasteiger partial charge in [-0.2, -0.15) is 0 Å². The van der Waals surface area contributed by atoms with Gasteiger partial charge >= 0.3 is 0 Å². The van der Waals surface area contributed by atoms with Crippen LogP contribution in [0, 0.1) is 10.8 Å². The fraction of sp³-hybridized carbons (Fsp3) is 0.933. The lowest BCUT2D eigenvalue weighted by molar-refractivity contribution is 0.221. The van der Waals surface area contributed by atoms with E-state index < -0.39 is 0 Å². The fourth-order valence-corrected chi connectivity index (χ4v) is 6.04. The molecule has 9 heteroatoms. The predicted molar refractivity (Wildman–Crippen MR) is 192 cm³/mol. The van der Waals surface area contributed by atoms with Gasteiger partial charge < -0.3 is 27.4 Å². The lowest BCUT2D eigenvalue weighted by atomic mass is 9.75. The van der Waals surface area contributed by atoms with E-state index in [-0.39, 0.29) is 48.0 Å². The monoisotopic (exact) mass is 775 g/mol. The average molecular weight is 776 g/mol. The number of nitrogens with one attached hydrogen (secondary N) is 3. The van der Waals surface area contributed by atoms with Crippen LogP contribution >= 0.6 is 48.0 Å². The van der Waals surface area contributed by atoms with Crippen molar-refractivity contribution >= 4 is 59.9 Å². The van der Waals surface area contributed by atoms with Gasteiger partial charge in [0.1, 0.15) is 0 Å². The van der Waals surface area contributed by atoms with Crippen LogP contribution in [0.4, 0.5) is 0 Å². The van der Waals surface area contributed by atoms with Gasteiger partial charge in [0, 0.05) is 13.1 Å². The van der Waals surface area contributed by atoms with E-state index in [1.807, 2.05) is 0 Å². The van der Waals surface area contributed by atoms with Crippen molar-refractivity contribution in [3.63, 3.8) is 0 Å². The number of guanidine groups is 2. The summed E-state index contributed by atoms with van der Waals surface area (Å²) in [6, 6.07) is 0.799. The average Bonchev–Trinajstić information content (AvgIpc) is 2.80. The highest BCUT2D eigenvalue weighted by Gasteiger charge is 2.28. The zero-order valence-electron chi connectivity index (χ0n) is 25.7. The molecule has 0 spiro atoms. The Bertz CT molecular complexity index is 626. The molecule has 0 radical (unpaired) electrons. The number of rotatable bonds is 16. The Morgan fingerprint density at radius 2 is 0.974 bits per heavy atom. The summed E-state index contributed by atoms with van der Waals surface area (Å²) in [4.78, 5) is 9.45. The molecule has 0 aromatic heterocycles. The summed E-state index contributed by atoms with van der Waals surface area (Å²) >= 11 is 0. The number of halogens is 2. The van der Waals surface area contributed by atoms with Gasteiger partial charge in [-0.1, -0.05) is 66.2 Å². The molecule has 39 heavy (non-hydrogen) atoms. The summed E-state index contributed by atoms with van der Waals surface area (Å²) < 4.78 is 0. The Labute approximate surface area is 275 Å². The minimum absolute atomic E-state index is 0. The molecular weight excluding hydrogens is 712 g/mol. The molecule has 0 aliphatic heterocycles. The molecule has 0 heterocycles. The van der Waals surface area contributed by atoms with Gasteiger partial charge in [0.25, 0.3) is 0 Å². The molecule has 0 amide bonds. The van der Waals surface area contributed by atoms with E-state index >= 15 is 0 Å². The Balaban J connectivity index is 0.00000722. The molecule has 2 aliphatic carbocycles. The van der Waals surface area contributed by atoms with Crippen molar-refractivity contribution in [1.82, 2.24) is 16.0 Å². The van der Waals surface area contributed by atoms with Crippen LogP contribution in [-0.2, 0) is 0 Å². The second kappa shape index (κ2) is 21.6. The van der Waals surface area contributed by atoms with Crippen LogP contribution in [0.15, 0.2) is 9.98 Å². The van der Waals surface area contributed by atoms with Crippen molar-refractivity contribution in [2.24, 2.45) is 32.3 Å². The van der Waals surface area contributed by atoms with Crippen LogP contribution in [0.3, 0.4) is 0 Å². The van der Waals surface area contributed by atoms with Crippen molar-refractivity contribution in [2.45, 2.75) is 143 Å². The quantitative estimate of drug-likeness (QED) is 0.0520. The molecule has 2 unspecified atom stereocenters. The van der Waals surface area contributed by atoms with Gasteiger partial charge in [-0.3, -0.25) is 9.98 Å². The molecule has 7 N–H and O–H groups in total. The second-order valence-corrected chi connectivity index (χ2v) is 13.3. The highest BCUT2D eigenvalue weighted by Crippen LogP contribution is 2.37. The Kier molecular flexibility index (Phi) is 21.6. The van der Waals surface area contributed by atoms with Crippen molar-refractivity contribution in [3.05, 3.63) is 0 Å². The van der Waals surface area contributed by atoms with Crippen molar-refractivity contribution in [2.75, 3.05) is 26.2 Å². The van der Waals surface area contributed by atoms with Crippen molar-refractivity contribution in [3.8, 4) is 0 Å². The first-order valence-corrected chi connectivity index (χ1v) is 15.5. The predicted octanol–water partition coefficient (Wildman–Crippen LogP) is 6.68. The van der Waals surface area contributed by atoms with E-state index in [0.29, 0.717) is 34.8 Å². The number of unbranched alkanes of at least 4 members (excludes halogenated alkanes) is 6. The molecule has 2 saturated carbocycles. The van der Waals surface area contributed by atoms with E-state index in [1.165, 1.54) is 77.0 Å². The SMILES string of the molecule is CC1(C)CCCC(N=C(N)NCCCCCCNCCCCCCNC(N)=NC2CCCC(C)(C)C2)C1.I.I. The van der Waals surface area contributed by atoms with Crippen LogP contribution in [0.25, 0.3) is 0 Å². The Hall–Kier alpha value is -0.0400. The molecule has 232 valence electrons. The van der Waals surface area contributed by atoms with Crippen molar-refractivity contribution < 1.29 is 0 Å². The normalized spacial score (nSPS) is 22.9. The minimum atomic E-state index is 0. The lowest BCUT2D eigenvalue weighted by Gasteiger charge is -2.33. The van der Waals surface area contributed by atoms with E-state index in [9.17, 15) is 0 Å². The molecule has 0 bridgehead atoms. The number of hydrogen-bond acceptors (Lipinski definition) is 3. The number of nitrogens with zero attached hydrogens (tertiary/aromatic N) is 2. The zero-order chi connectivity index (χ0) is 27.0. The molecule has 0 aromatic carbocycles. The maximum absolute atomic E-state index is 6.11. The van der Waals surface area contributed by atoms with Crippen LogP contribution in [0.1, 0.15) is 130 Å². The van der Waals surface area contributed by atoms with E-state index in [0.717, 1.165) is 51.9 Å². The number of nitrogens with two attached hydrogens (primary N) is 2. The molecule has 2 rings (SSSR count). The van der Waals surface area contributed by atoms with Gasteiger partial charge in [0.15, 0.2) is 11.9 Å². The van der Waals surface area contributed by atoms with E-state index in [2.05, 4.69) is 43.6 Å². The molecule has 2 aliphatic rings.